The van der Waals surface area contributed by atoms with Gasteiger partial charge in [-0.2, -0.15) is 0 Å². The molecule has 0 saturated heterocycles. The molecule has 0 unspecified atom stereocenters. The van der Waals surface area contributed by atoms with Crippen molar-refractivity contribution in [2.24, 2.45) is 0 Å². The van der Waals surface area contributed by atoms with Crippen LogP contribution in [0.25, 0.3) is 0 Å². The standard InChI is InChI=1S/C15H20Cl2N2O3/c1-11-5-2-3-6-12(11)22-10-4-7-13(20)18-8-9-19-15(21)14(16)17/h2-3,5-6,14H,4,7-10H2,1H3,(H,18,20)(H,19,21). The fraction of sp³-hybridized carbons (Fsp3) is 0.467. The van der Waals surface area contributed by atoms with Crippen LogP contribution in [0.3, 0.4) is 0 Å². The van der Waals surface area contributed by atoms with Gasteiger partial charge in [-0.05, 0) is 25.0 Å². The van der Waals surface area contributed by atoms with E-state index in [-0.39, 0.29) is 5.91 Å². The maximum absolute atomic E-state index is 11.6. The summed E-state index contributed by atoms with van der Waals surface area (Å²) in [5.41, 5.74) is 1.07. The lowest BCUT2D eigenvalue weighted by Crippen LogP contribution is -2.36. The minimum Gasteiger partial charge on any atom is -0.493 e. The lowest BCUT2D eigenvalue weighted by atomic mass is 10.2. The second kappa shape index (κ2) is 10.3. The zero-order chi connectivity index (χ0) is 16.4. The lowest BCUT2D eigenvalue weighted by molar-refractivity contribution is -0.122. The fourth-order valence-electron chi connectivity index (χ4n) is 1.69. The summed E-state index contributed by atoms with van der Waals surface area (Å²) in [7, 11) is 0. The summed E-state index contributed by atoms with van der Waals surface area (Å²) in [4.78, 5) is 21.5. The highest BCUT2D eigenvalue weighted by Gasteiger charge is 2.09. The van der Waals surface area contributed by atoms with E-state index in [1.165, 1.54) is 0 Å². The highest BCUT2D eigenvalue weighted by Crippen LogP contribution is 2.16. The Labute approximate surface area is 140 Å². The normalized spacial score (nSPS) is 10.4. The second-order valence-electron chi connectivity index (χ2n) is 4.66. The topological polar surface area (TPSA) is 67.4 Å². The molecule has 0 aliphatic heterocycles. The first-order valence-corrected chi connectivity index (χ1v) is 7.89. The van der Waals surface area contributed by atoms with Crippen LogP contribution in [0.2, 0.25) is 0 Å². The number of alkyl halides is 2. The van der Waals surface area contributed by atoms with Crippen LogP contribution in [-0.2, 0) is 9.59 Å². The summed E-state index contributed by atoms with van der Waals surface area (Å²) in [5, 5.41) is 5.18. The van der Waals surface area contributed by atoms with Crippen LogP contribution in [0.4, 0.5) is 0 Å². The number of benzene rings is 1. The number of nitrogens with one attached hydrogen (secondary N) is 2. The summed E-state index contributed by atoms with van der Waals surface area (Å²) in [6, 6.07) is 7.74. The first kappa shape index (κ1) is 18.6. The molecule has 0 aliphatic rings. The molecule has 0 bridgehead atoms. The molecular formula is C15H20Cl2N2O3. The van der Waals surface area contributed by atoms with Crippen LogP contribution in [0, 0.1) is 6.92 Å². The molecule has 5 nitrogen and oxygen atoms in total. The van der Waals surface area contributed by atoms with Crippen LogP contribution in [0.15, 0.2) is 24.3 Å². The first-order valence-electron chi connectivity index (χ1n) is 7.01. The smallest absolute Gasteiger partial charge is 0.253 e. The minimum atomic E-state index is -1.09. The molecule has 0 radical (unpaired) electrons. The van der Waals surface area contributed by atoms with Crippen molar-refractivity contribution in [2.45, 2.75) is 24.6 Å². The number of aryl methyl sites for hydroxylation is 1. The van der Waals surface area contributed by atoms with Crippen molar-refractivity contribution < 1.29 is 14.3 Å². The van der Waals surface area contributed by atoms with Gasteiger partial charge in [-0.15, -0.1) is 0 Å². The van der Waals surface area contributed by atoms with Crippen LogP contribution >= 0.6 is 23.2 Å². The predicted octanol–water partition coefficient (Wildman–Crippen LogP) is 2.19. The van der Waals surface area contributed by atoms with Gasteiger partial charge in [0.2, 0.25) is 5.91 Å². The molecule has 1 aromatic rings. The Bertz CT molecular complexity index is 495. The zero-order valence-electron chi connectivity index (χ0n) is 12.4. The molecule has 0 saturated carbocycles. The lowest BCUT2D eigenvalue weighted by Gasteiger charge is -2.09. The van der Waals surface area contributed by atoms with Crippen LogP contribution < -0.4 is 15.4 Å². The molecule has 2 N–H and O–H groups in total. The Morgan fingerprint density at radius 2 is 1.86 bits per heavy atom. The highest BCUT2D eigenvalue weighted by atomic mass is 35.5. The number of para-hydroxylation sites is 1. The summed E-state index contributed by atoms with van der Waals surface area (Å²) >= 11 is 10.7. The zero-order valence-corrected chi connectivity index (χ0v) is 13.9. The van der Waals surface area contributed by atoms with Crippen molar-refractivity contribution in [1.82, 2.24) is 10.6 Å². The number of hydrogen-bond acceptors (Lipinski definition) is 3. The van der Waals surface area contributed by atoms with E-state index in [9.17, 15) is 9.59 Å². The molecule has 0 atom stereocenters. The van der Waals surface area contributed by atoms with Gasteiger partial charge in [0.25, 0.3) is 5.91 Å². The number of carbonyl (C=O) groups excluding carboxylic acids is 2. The number of carbonyl (C=O) groups is 2. The number of halogens is 2. The van der Waals surface area contributed by atoms with Gasteiger partial charge in [0.1, 0.15) is 5.75 Å². The van der Waals surface area contributed by atoms with E-state index in [4.69, 9.17) is 27.9 Å². The van der Waals surface area contributed by atoms with Crippen LogP contribution in [0.1, 0.15) is 18.4 Å². The third kappa shape index (κ3) is 7.52. The average molecular weight is 347 g/mol. The number of rotatable bonds is 9. The predicted molar refractivity (Wildman–Crippen MR) is 87.4 cm³/mol. The number of ether oxygens (including phenoxy) is 1. The summed E-state index contributed by atoms with van der Waals surface area (Å²) in [6.45, 7) is 3.09. The Morgan fingerprint density at radius 3 is 2.55 bits per heavy atom. The average Bonchev–Trinajstić information content (AvgIpc) is 2.49. The van der Waals surface area contributed by atoms with Crippen molar-refractivity contribution in [1.29, 1.82) is 0 Å². The summed E-state index contributed by atoms with van der Waals surface area (Å²) < 4.78 is 5.60. The summed E-state index contributed by atoms with van der Waals surface area (Å²) in [5.74, 6) is 0.280. The third-order valence-corrected chi connectivity index (χ3v) is 3.24. The molecule has 0 aromatic heterocycles. The van der Waals surface area contributed by atoms with Gasteiger partial charge in [0, 0.05) is 19.5 Å². The van der Waals surface area contributed by atoms with E-state index in [1.54, 1.807) is 0 Å². The molecule has 1 rings (SSSR count). The molecule has 0 spiro atoms. The van der Waals surface area contributed by atoms with Crippen LogP contribution in [0.5, 0.6) is 5.75 Å². The maximum Gasteiger partial charge on any atom is 0.253 e. The van der Waals surface area contributed by atoms with Crippen molar-refractivity contribution in [3.8, 4) is 5.75 Å². The quantitative estimate of drug-likeness (QED) is 0.532. The van der Waals surface area contributed by atoms with Crippen molar-refractivity contribution in [3.05, 3.63) is 29.8 Å². The number of hydrogen-bond donors (Lipinski definition) is 2. The monoisotopic (exact) mass is 346 g/mol. The summed E-state index contributed by atoms with van der Waals surface area (Å²) in [6.07, 6.45) is 0.991. The van der Waals surface area contributed by atoms with Gasteiger partial charge in [-0.1, -0.05) is 41.4 Å². The largest absolute Gasteiger partial charge is 0.493 e. The van der Waals surface area contributed by atoms with Gasteiger partial charge < -0.3 is 15.4 Å². The Hall–Kier alpha value is -1.46. The second-order valence-corrected chi connectivity index (χ2v) is 5.76. The van der Waals surface area contributed by atoms with E-state index in [2.05, 4.69) is 10.6 Å². The minimum absolute atomic E-state index is 0.0871. The molecule has 0 aliphatic carbocycles. The molecule has 122 valence electrons. The maximum atomic E-state index is 11.6. The first-order chi connectivity index (χ1) is 10.5. The van der Waals surface area contributed by atoms with Gasteiger partial charge >= 0.3 is 0 Å². The molecule has 2 amide bonds. The molecule has 7 heteroatoms. The van der Waals surface area contributed by atoms with Crippen molar-refractivity contribution in [3.63, 3.8) is 0 Å². The Morgan fingerprint density at radius 1 is 1.18 bits per heavy atom. The van der Waals surface area contributed by atoms with Crippen molar-refractivity contribution in [2.75, 3.05) is 19.7 Å². The van der Waals surface area contributed by atoms with E-state index in [0.717, 1.165) is 11.3 Å². The SMILES string of the molecule is Cc1ccccc1OCCCC(=O)NCCNC(=O)C(Cl)Cl. The third-order valence-electron chi connectivity index (χ3n) is 2.84. The molecular weight excluding hydrogens is 327 g/mol. The van der Waals surface area contributed by atoms with E-state index in [0.29, 0.717) is 32.5 Å². The molecule has 1 aromatic carbocycles. The van der Waals surface area contributed by atoms with Gasteiger partial charge in [0.15, 0.2) is 4.84 Å². The van der Waals surface area contributed by atoms with Crippen LogP contribution in [-0.4, -0.2) is 36.3 Å². The highest BCUT2D eigenvalue weighted by molar-refractivity contribution is 6.53. The van der Waals surface area contributed by atoms with E-state index < -0.39 is 10.7 Å². The fourth-order valence-corrected chi connectivity index (χ4v) is 1.84. The Balaban J connectivity index is 2.07. The van der Waals surface area contributed by atoms with Gasteiger partial charge in [0.05, 0.1) is 6.61 Å². The molecule has 0 heterocycles. The van der Waals surface area contributed by atoms with Gasteiger partial charge in [-0.25, -0.2) is 0 Å². The van der Waals surface area contributed by atoms with Crippen molar-refractivity contribution >= 4 is 35.0 Å². The number of amides is 2. The van der Waals surface area contributed by atoms with E-state index in [1.807, 2.05) is 31.2 Å². The van der Waals surface area contributed by atoms with E-state index >= 15 is 0 Å². The molecule has 22 heavy (non-hydrogen) atoms. The Kier molecular flexibility index (Phi) is 8.70. The van der Waals surface area contributed by atoms with Gasteiger partial charge in [-0.3, -0.25) is 9.59 Å². The molecule has 0 fully saturated rings.